The standard InChI is InChI=1S/C14H21NO3/c1-11-3-4-14(16-2)12(7-11)8-15-9-13-10-17-5-6-18-13/h3-4,7,13,15H,5-6,8-10H2,1-2H3. The molecule has 1 unspecified atom stereocenters. The first-order valence-electron chi connectivity index (χ1n) is 6.33. The quantitative estimate of drug-likeness (QED) is 0.861. The summed E-state index contributed by atoms with van der Waals surface area (Å²) in [5, 5.41) is 3.39. The lowest BCUT2D eigenvalue weighted by Gasteiger charge is -2.23. The van der Waals surface area contributed by atoms with Gasteiger partial charge in [-0.05, 0) is 13.0 Å². The van der Waals surface area contributed by atoms with E-state index in [0.29, 0.717) is 19.8 Å². The largest absolute Gasteiger partial charge is 0.496 e. The summed E-state index contributed by atoms with van der Waals surface area (Å²) < 4.78 is 16.3. The maximum absolute atomic E-state index is 5.58. The predicted molar refractivity (Wildman–Crippen MR) is 70.0 cm³/mol. The Kier molecular flexibility index (Phi) is 4.99. The van der Waals surface area contributed by atoms with Crippen molar-refractivity contribution in [1.82, 2.24) is 5.32 Å². The Morgan fingerprint density at radius 3 is 3.00 bits per heavy atom. The molecule has 0 spiro atoms. The van der Waals surface area contributed by atoms with Crippen molar-refractivity contribution >= 4 is 0 Å². The highest BCUT2D eigenvalue weighted by Crippen LogP contribution is 2.19. The highest BCUT2D eigenvalue weighted by molar-refractivity contribution is 5.36. The van der Waals surface area contributed by atoms with E-state index in [-0.39, 0.29) is 6.10 Å². The van der Waals surface area contributed by atoms with Crippen molar-refractivity contribution in [3.05, 3.63) is 29.3 Å². The van der Waals surface area contributed by atoms with E-state index in [9.17, 15) is 0 Å². The van der Waals surface area contributed by atoms with Crippen LogP contribution in [0, 0.1) is 6.92 Å². The first-order valence-corrected chi connectivity index (χ1v) is 6.33. The molecule has 0 aliphatic carbocycles. The lowest BCUT2D eigenvalue weighted by Crippen LogP contribution is -2.37. The van der Waals surface area contributed by atoms with Crippen LogP contribution in [0.5, 0.6) is 5.75 Å². The van der Waals surface area contributed by atoms with Gasteiger partial charge in [-0.3, -0.25) is 0 Å². The monoisotopic (exact) mass is 251 g/mol. The number of nitrogens with one attached hydrogen (secondary N) is 1. The van der Waals surface area contributed by atoms with Crippen LogP contribution in [-0.2, 0) is 16.0 Å². The number of rotatable bonds is 5. The Labute approximate surface area is 108 Å². The molecule has 0 amide bonds. The number of hydrogen-bond acceptors (Lipinski definition) is 4. The Hall–Kier alpha value is -1.10. The molecule has 2 rings (SSSR count). The molecule has 0 aromatic heterocycles. The lowest BCUT2D eigenvalue weighted by atomic mass is 10.1. The van der Waals surface area contributed by atoms with Crippen LogP contribution in [-0.4, -0.2) is 39.6 Å². The third kappa shape index (κ3) is 3.70. The van der Waals surface area contributed by atoms with Crippen molar-refractivity contribution in [2.24, 2.45) is 0 Å². The fraction of sp³-hybridized carbons (Fsp3) is 0.571. The first-order chi connectivity index (χ1) is 8.79. The molecule has 1 atom stereocenters. The molecule has 1 aromatic rings. The van der Waals surface area contributed by atoms with Gasteiger partial charge in [0.2, 0.25) is 0 Å². The summed E-state index contributed by atoms with van der Waals surface area (Å²) in [6, 6.07) is 6.21. The molecule has 1 saturated heterocycles. The highest BCUT2D eigenvalue weighted by atomic mass is 16.6. The minimum atomic E-state index is 0.162. The Morgan fingerprint density at radius 1 is 1.39 bits per heavy atom. The van der Waals surface area contributed by atoms with E-state index >= 15 is 0 Å². The molecule has 1 aliphatic rings. The maximum atomic E-state index is 5.58. The second kappa shape index (κ2) is 6.73. The minimum absolute atomic E-state index is 0.162. The molecule has 18 heavy (non-hydrogen) atoms. The fourth-order valence-electron chi connectivity index (χ4n) is 2.07. The number of hydrogen-bond donors (Lipinski definition) is 1. The zero-order valence-electron chi connectivity index (χ0n) is 11.1. The third-order valence-electron chi connectivity index (χ3n) is 3.01. The summed E-state index contributed by atoms with van der Waals surface area (Å²) in [4.78, 5) is 0. The van der Waals surface area contributed by atoms with Gasteiger partial charge >= 0.3 is 0 Å². The zero-order valence-corrected chi connectivity index (χ0v) is 11.1. The fourth-order valence-corrected chi connectivity index (χ4v) is 2.07. The normalized spacial score (nSPS) is 19.8. The molecule has 1 aromatic carbocycles. The van der Waals surface area contributed by atoms with Gasteiger partial charge in [-0.1, -0.05) is 17.7 Å². The molecule has 100 valence electrons. The van der Waals surface area contributed by atoms with Crippen LogP contribution in [0.1, 0.15) is 11.1 Å². The van der Waals surface area contributed by atoms with Crippen LogP contribution < -0.4 is 10.1 Å². The van der Waals surface area contributed by atoms with Crippen LogP contribution in [0.3, 0.4) is 0 Å². The van der Waals surface area contributed by atoms with E-state index in [0.717, 1.165) is 18.8 Å². The number of benzene rings is 1. The zero-order chi connectivity index (χ0) is 12.8. The molecule has 4 heteroatoms. The molecular formula is C14H21NO3. The number of ether oxygens (including phenoxy) is 3. The van der Waals surface area contributed by atoms with Gasteiger partial charge in [0.15, 0.2) is 0 Å². The van der Waals surface area contributed by atoms with Crippen LogP contribution >= 0.6 is 0 Å². The second-order valence-electron chi connectivity index (χ2n) is 4.51. The Bertz CT molecular complexity index is 375. The molecule has 1 N–H and O–H groups in total. The Morgan fingerprint density at radius 2 is 2.28 bits per heavy atom. The molecule has 0 radical (unpaired) electrons. The van der Waals surface area contributed by atoms with Crippen LogP contribution in [0.2, 0.25) is 0 Å². The minimum Gasteiger partial charge on any atom is -0.496 e. The predicted octanol–water partition coefficient (Wildman–Crippen LogP) is 1.51. The molecule has 1 aliphatic heterocycles. The molecule has 0 bridgehead atoms. The number of aryl methyl sites for hydroxylation is 1. The van der Waals surface area contributed by atoms with Crippen molar-refractivity contribution in [2.45, 2.75) is 19.6 Å². The molecular weight excluding hydrogens is 230 g/mol. The van der Waals surface area contributed by atoms with Gasteiger partial charge in [-0.25, -0.2) is 0 Å². The van der Waals surface area contributed by atoms with Gasteiger partial charge in [-0.15, -0.1) is 0 Å². The van der Waals surface area contributed by atoms with Gasteiger partial charge in [0.05, 0.1) is 33.0 Å². The van der Waals surface area contributed by atoms with Crippen LogP contribution in [0.15, 0.2) is 18.2 Å². The van der Waals surface area contributed by atoms with Crippen LogP contribution in [0.4, 0.5) is 0 Å². The van der Waals surface area contributed by atoms with Gasteiger partial charge in [0.25, 0.3) is 0 Å². The van der Waals surface area contributed by atoms with Crippen molar-refractivity contribution < 1.29 is 14.2 Å². The van der Waals surface area contributed by atoms with Crippen molar-refractivity contribution in [3.8, 4) is 5.75 Å². The number of methoxy groups -OCH3 is 1. The average Bonchev–Trinajstić information content (AvgIpc) is 2.40. The van der Waals surface area contributed by atoms with E-state index in [1.54, 1.807) is 7.11 Å². The van der Waals surface area contributed by atoms with E-state index in [1.165, 1.54) is 11.1 Å². The summed E-state index contributed by atoms with van der Waals surface area (Å²) in [5.74, 6) is 0.925. The summed E-state index contributed by atoms with van der Waals surface area (Å²) in [7, 11) is 1.70. The third-order valence-corrected chi connectivity index (χ3v) is 3.01. The second-order valence-corrected chi connectivity index (χ2v) is 4.51. The van der Waals surface area contributed by atoms with E-state index in [1.807, 2.05) is 6.07 Å². The summed E-state index contributed by atoms with van der Waals surface area (Å²) in [6.45, 7) is 5.75. The summed E-state index contributed by atoms with van der Waals surface area (Å²) >= 11 is 0. The Balaban J connectivity index is 1.83. The highest BCUT2D eigenvalue weighted by Gasteiger charge is 2.13. The molecule has 1 heterocycles. The molecule has 0 saturated carbocycles. The van der Waals surface area contributed by atoms with E-state index in [4.69, 9.17) is 14.2 Å². The van der Waals surface area contributed by atoms with Gasteiger partial charge < -0.3 is 19.5 Å². The topological polar surface area (TPSA) is 39.7 Å². The van der Waals surface area contributed by atoms with Gasteiger partial charge in [-0.2, -0.15) is 0 Å². The van der Waals surface area contributed by atoms with Crippen molar-refractivity contribution in [2.75, 3.05) is 33.5 Å². The van der Waals surface area contributed by atoms with Gasteiger partial charge in [0.1, 0.15) is 5.75 Å². The average molecular weight is 251 g/mol. The van der Waals surface area contributed by atoms with Crippen molar-refractivity contribution in [3.63, 3.8) is 0 Å². The van der Waals surface area contributed by atoms with Crippen molar-refractivity contribution in [1.29, 1.82) is 0 Å². The van der Waals surface area contributed by atoms with Gasteiger partial charge in [0, 0.05) is 18.7 Å². The summed E-state index contributed by atoms with van der Waals surface area (Å²) in [6.07, 6.45) is 0.162. The lowest BCUT2D eigenvalue weighted by molar-refractivity contribution is -0.0864. The van der Waals surface area contributed by atoms with E-state index in [2.05, 4.69) is 24.4 Å². The summed E-state index contributed by atoms with van der Waals surface area (Å²) in [5.41, 5.74) is 2.42. The SMILES string of the molecule is COc1ccc(C)cc1CNCC1COCCO1. The molecule has 4 nitrogen and oxygen atoms in total. The maximum Gasteiger partial charge on any atom is 0.123 e. The smallest absolute Gasteiger partial charge is 0.123 e. The van der Waals surface area contributed by atoms with E-state index < -0.39 is 0 Å². The molecule has 1 fully saturated rings. The first kappa shape index (κ1) is 13.3. The van der Waals surface area contributed by atoms with Crippen LogP contribution in [0.25, 0.3) is 0 Å².